The summed E-state index contributed by atoms with van der Waals surface area (Å²) in [4.78, 5) is 0. The van der Waals surface area contributed by atoms with Gasteiger partial charge in [-0.3, -0.25) is 0 Å². The van der Waals surface area contributed by atoms with E-state index >= 15 is 0 Å². The molecule has 1 heterocycles. The van der Waals surface area contributed by atoms with Crippen LogP contribution in [0.1, 0.15) is 5.69 Å². The molecule has 1 aromatic heterocycles. The third kappa shape index (κ3) is 2.06. The molecule has 3 heteroatoms. The van der Waals surface area contributed by atoms with Crippen LogP contribution < -0.4 is 5.73 Å². The maximum Gasteiger partial charge on any atom is 0.0641 e. The van der Waals surface area contributed by atoms with Crippen LogP contribution in [0.5, 0.6) is 0 Å². The molecule has 0 atom stereocenters. The van der Waals surface area contributed by atoms with Gasteiger partial charge in [0.25, 0.3) is 0 Å². The van der Waals surface area contributed by atoms with Crippen molar-refractivity contribution in [1.29, 1.82) is 0 Å². The maximum atomic E-state index is 5.51. The first-order valence-corrected chi connectivity index (χ1v) is 3.71. The summed E-state index contributed by atoms with van der Waals surface area (Å²) in [5.74, 6) is 0. The van der Waals surface area contributed by atoms with Crippen LogP contribution in [0.2, 0.25) is 0 Å². The van der Waals surface area contributed by atoms with E-state index in [1.54, 1.807) is 7.11 Å². The van der Waals surface area contributed by atoms with Gasteiger partial charge >= 0.3 is 0 Å². The molecule has 11 heavy (non-hydrogen) atoms. The van der Waals surface area contributed by atoms with Crippen molar-refractivity contribution >= 4 is 0 Å². The first-order chi connectivity index (χ1) is 5.38. The minimum atomic E-state index is 0.594. The maximum absolute atomic E-state index is 5.51. The summed E-state index contributed by atoms with van der Waals surface area (Å²) in [6, 6.07) is 4.02. The molecule has 0 bridgehead atoms. The van der Waals surface area contributed by atoms with Gasteiger partial charge in [-0.25, -0.2) is 0 Å². The highest BCUT2D eigenvalue weighted by Gasteiger charge is 1.96. The van der Waals surface area contributed by atoms with Crippen molar-refractivity contribution in [2.24, 2.45) is 5.73 Å². The second-order valence-electron chi connectivity index (χ2n) is 2.39. The number of nitrogens with two attached hydrogens (primary N) is 1. The molecule has 1 rings (SSSR count). The zero-order valence-electron chi connectivity index (χ0n) is 6.79. The van der Waals surface area contributed by atoms with E-state index in [0.717, 1.165) is 18.8 Å². The molecule has 0 aromatic carbocycles. The van der Waals surface area contributed by atoms with Crippen LogP contribution in [0.25, 0.3) is 0 Å². The number of aromatic nitrogens is 1. The molecule has 0 aliphatic rings. The fraction of sp³-hybridized carbons (Fsp3) is 0.500. The number of hydrogen-bond acceptors (Lipinski definition) is 2. The SMILES string of the molecule is COCCn1cccc1CN. The number of nitrogens with zero attached hydrogens (tertiary/aromatic N) is 1. The quantitative estimate of drug-likeness (QED) is 0.689. The minimum Gasteiger partial charge on any atom is -0.383 e. The van der Waals surface area contributed by atoms with Gasteiger partial charge in [0.05, 0.1) is 6.61 Å². The van der Waals surface area contributed by atoms with E-state index in [2.05, 4.69) is 4.57 Å². The predicted octanol–water partition coefficient (Wildman–Crippen LogP) is 0.593. The van der Waals surface area contributed by atoms with Crippen LogP contribution in [0.4, 0.5) is 0 Å². The molecular formula is C8H14N2O. The molecule has 0 aliphatic carbocycles. The average molecular weight is 154 g/mol. The van der Waals surface area contributed by atoms with E-state index < -0.39 is 0 Å². The fourth-order valence-corrected chi connectivity index (χ4v) is 1.04. The van der Waals surface area contributed by atoms with E-state index in [4.69, 9.17) is 10.5 Å². The van der Waals surface area contributed by atoms with E-state index in [1.807, 2.05) is 18.3 Å². The standard InChI is InChI=1S/C8H14N2O/c1-11-6-5-10-4-2-3-8(10)7-9/h2-4H,5-7,9H2,1H3. The largest absolute Gasteiger partial charge is 0.383 e. The lowest BCUT2D eigenvalue weighted by atomic mass is 10.4. The number of rotatable bonds is 4. The molecule has 0 aliphatic heterocycles. The highest BCUT2D eigenvalue weighted by Crippen LogP contribution is 2.00. The van der Waals surface area contributed by atoms with Gasteiger partial charge in [0.15, 0.2) is 0 Å². The van der Waals surface area contributed by atoms with Crippen LogP contribution >= 0.6 is 0 Å². The van der Waals surface area contributed by atoms with Gasteiger partial charge in [0.1, 0.15) is 0 Å². The summed E-state index contributed by atoms with van der Waals surface area (Å²) in [7, 11) is 1.70. The normalized spacial score (nSPS) is 10.4. The van der Waals surface area contributed by atoms with Gasteiger partial charge < -0.3 is 15.0 Å². The second kappa shape index (κ2) is 4.16. The lowest BCUT2D eigenvalue weighted by Crippen LogP contribution is -2.09. The summed E-state index contributed by atoms with van der Waals surface area (Å²) in [5, 5.41) is 0. The summed E-state index contributed by atoms with van der Waals surface area (Å²) in [6.07, 6.45) is 2.02. The highest BCUT2D eigenvalue weighted by atomic mass is 16.5. The fourth-order valence-electron chi connectivity index (χ4n) is 1.04. The molecule has 0 fully saturated rings. The molecule has 0 saturated carbocycles. The smallest absolute Gasteiger partial charge is 0.0641 e. The number of methoxy groups -OCH3 is 1. The van der Waals surface area contributed by atoms with Crippen LogP contribution in [0, 0.1) is 0 Å². The Balaban J connectivity index is 2.54. The summed E-state index contributed by atoms with van der Waals surface area (Å²) >= 11 is 0. The van der Waals surface area contributed by atoms with Crippen molar-refractivity contribution in [3.8, 4) is 0 Å². The van der Waals surface area contributed by atoms with Crippen LogP contribution in [-0.2, 0) is 17.8 Å². The molecule has 1 aromatic rings. The van der Waals surface area contributed by atoms with Crippen molar-refractivity contribution in [3.05, 3.63) is 24.0 Å². The van der Waals surface area contributed by atoms with Gasteiger partial charge in [0.2, 0.25) is 0 Å². The summed E-state index contributed by atoms with van der Waals surface area (Å²) in [5.41, 5.74) is 6.66. The lowest BCUT2D eigenvalue weighted by molar-refractivity contribution is 0.186. The Kier molecular flexibility index (Phi) is 3.14. The highest BCUT2D eigenvalue weighted by molar-refractivity contribution is 5.06. The van der Waals surface area contributed by atoms with Crippen LogP contribution in [0.3, 0.4) is 0 Å². The van der Waals surface area contributed by atoms with E-state index in [0.29, 0.717) is 6.54 Å². The number of ether oxygens (including phenoxy) is 1. The summed E-state index contributed by atoms with van der Waals surface area (Å²) < 4.78 is 7.05. The number of hydrogen-bond donors (Lipinski definition) is 1. The molecule has 2 N–H and O–H groups in total. The van der Waals surface area contributed by atoms with E-state index in [1.165, 1.54) is 0 Å². The molecule has 0 radical (unpaired) electrons. The Labute approximate surface area is 66.8 Å². The molecule has 3 nitrogen and oxygen atoms in total. The van der Waals surface area contributed by atoms with Gasteiger partial charge in [-0.2, -0.15) is 0 Å². The molecule has 0 saturated heterocycles. The van der Waals surface area contributed by atoms with Crippen LogP contribution in [0.15, 0.2) is 18.3 Å². The zero-order chi connectivity index (χ0) is 8.10. The molecule has 62 valence electrons. The van der Waals surface area contributed by atoms with Crippen molar-refractivity contribution in [2.45, 2.75) is 13.1 Å². The van der Waals surface area contributed by atoms with Gasteiger partial charge in [-0.1, -0.05) is 0 Å². The minimum absolute atomic E-state index is 0.594. The Hall–Kier alpha value is -0.800. The van der Waals surface area contributed by atoms with Gasteiger partial charge in [-0.05, 0) is 12.1 Å². The second-order valence-corrected chi connectivity index (χ2v) is 2.39. The molecule has 0 spiro atoms. The van der Waals surface area contributed by atoms with Crippen molar-refractivity contribution < 1.29 is 4.74 Å². The first-order valence-electron chi connectivity index (χ1n) is 3.71. The molecular weight excluding hydrogens is 140 g/mol. The Morgan fingerprint density at radius 2 is 2.45 bits per heavy atom. The third-order valence-corrected chi connectivity index (χ3v) is 1.67. The Bertz CT molecular complexity index is 208. The molecule has 0 amide bonds. The third-order valence-electron chi connectivity index (χ3n) is 1.67. The Morgan fingerprint density at radius 3 is 3.09 bits per heavy atom. The van der Waals surface area contributed by atoms with E-state index in [9.17, 15) is 0 Å². The van der Waals surface area contributed by atoms with Crippen LogP contribution in [-0.4, -0.2) is 18.3 Å². The van der Waals surface area contributed by atoms with Gasteiger partial charge in [-0.15, -0.1) is 0 Å². The first kappa shape index (κ1) is 8.30. The Morgan fingerprint density at radius 1 is 1.64 bits per heavy atom. The van der Waals surface area contributed by atoms with E-state index in [-0.39, 0.29) is 0 Å². The predicted molar refractivity (Wildman–Crippen MR) is 44.2 cm³/mol. The van der Waals surface area contributed by atoms with Gasteiger partial charge in [0, 0.05) is 32.1 Å². The van der Waals surface area contributed by atoms with Crippen molar-refractivity contribution in [1.82, 2.24) is 4.57 Å². The van der Waals surface area contributed by atoms with Crippen molar-refractivity contribution in [3.63, 3.8) is 0 Å². The monoisotopic (exact) mass is 154 g/mol. The zero-order valence-corrected chi connectivity index (χ0v) is 6.79. The molecule has 0 unspecified atom stereocenters. The lowest BCUT2D eigenvalue weighted by Gasteiger charge is -2.05. The van der Waals surface area contributed by atoms with Crippen molar-refractivity contribution in [2.75, 3.05) is 13.7 Å². The summed E-state index contributed by atoms with van der Waals surface area (Å²) in [6.45, 7) is 2.22. The average Bonchev–Trinajstić information content (AvgIpc) is 2.47. The topological polar surface area (TPSA) is 40.2 Å².